The number of carbonyl (C=O) groups excluding carboxylic acids is 2. The van der Waals surface area contributed by atoms with Gasteiger partial charge in [-0.1, -0.05) is 0 Å². The van der Waals surface area contributed by atoms with Gasteiger partial charge in [0.2, 0.25) is 0 Å². The van der Waals surface area contributed by atoms with E-state index in [1.807, 2.05) is 0 Å². The van der Waals surface area contributed by atoms with E-state index in [0.717, 1.165) is 22.9 Å². The fourth-order valence-corrected chi connectivity index (χ4v) is 3.94. The van der Waals surface area contributed by atoms with Gasteiger partial charge in [-0.25, -0.2) is 17.6 Å². The van der Waals surface area contributed by atoms with Gasteiger partial charge in [-0.2, -0.15) is 20.7 Å². The number of Topliss-reactive ketones (excluding diaryl/α,β-unsaturated/α-hetero) is 1. The van der Waals surface area contributed by atoms with Gasteiger partial charge < -0.3 is 9.88 Å². The Morgan fingerprint density at radius 3 is 2.65 bits per heavy atom. The number of ketones is 1. The van der Waals surface area contributed by atoms with Crippen LogP contribution in [0, 0.1) is 23.0 Å². The summed E-state index contributed by atoms with van der Waals surface area (Å²) >= 11 is 0. The number of aromatic amines is 1. The van der Waals surface area contributed by atoms with Crippen LogP contribution in [-0.4, -0.2) is 44.1 Å². The molecule has 1 fully saturated rings. The van der Waals surface area contributed by atoms with Gasteiger partial charge in [0, 0.05) is 31.8 Å². The number of hydrogen-bond donors (Lipinski definition) is 3. The predicted molar refractivity (Wildman–Crippen MR) is 109 cm³/mol. The minimum absolute atomic E-state index is 0.0542. The fraction of sp³-hybridized carbons (Fsp3) is 0.286. The van der Waals surface area contributed by atoms with Gasteiger partial charge >= 0.3 is 0 Å². The number of amides is 1. The van der Waals surface area contributed by atoms with Crippen molar-refractivity contribution in [1.82, 2.24) is 25.3 Å². The Balaban J connectivity index is 1.50. The first-order chi connectivity index (χ1) is 16.0. The first kappa shape index (κ1) is 23.1. The van der Waals surface area contributed by atoms with Crippen molar-refractivity contribution in [3.05, 3.63) is 64.7 Å². The third-order valence-corrected chi connectivity index (χ3v) is 5.59. The number of aromatic nitrogens is 4. The van der Waals surface area contributed by atoms with Crippen molar-refractivity contribution in [3.63, 3.8) is 0 Å². The average molecular weight is 475 g/mol. The summed E-state index contributed by atoms with van der Waals surface area (Å²) in [4.78, 5) is 25.3. The van der Waals surface area contributed by atoms with Gasteiger partial charge in [-0.3, -0.25) is 14.9 Å². The Kier molecular flexibility index (Phi) is 5.70. The highest BCUT2D eigenvalue weighted by atomic mass is 19.3. The zero-order valence-corrected chi connectivity index (χ0v) is 17.6. The summed E-state index contributed by atoms with van der Waals surface area (Å²) in [6.07, 6.45) is 1.17. The van der Waals surface area contributed by atoms with Gasteiger partial charge in [-0.15, -0.1) is 0 Å². The number of nitrogens with zero attached hydrogens (tertiary/aromatic N) is 4. The minimum Gasteiger partial charge on any atom is -0.343 e. The van der Waals surface area contributed by atoms with Gasteiger partial charge in [0.1, 0.15) is 23.3 Å². The molecule has 0 aliphatic heterocycles. The first-order valence-corrected chi connectivity index (χ1v) is 9.93. The highest BCUT2D eigenvalue weighted by Crippen LogP contribution is 2.50. The van der Waals surface area contributed by atoms with Crippen LogP contribution < -0.4 is 10.6 Å². The van der Waals surface area contributed by atoms with E-state index < -0.39 is 65.4 Å². The molecule has 3 N–H and O–H groups in total. The first-order valence-electron chi connectivity index (χ1n) is 9.93. The molecule has 4 rings (SSSR count). The number of anilines is 1. The second-order valence-corrected chi connectivity index (χ2v) is 8.00. The lowest BCUT2D eigenvalue weighted by Crippen LogP contribution is -2.59. The molecule has 9 nitrogen and oxygen atoms in total. The second-order valence-electron chi connectivity index (χ2n) is 8.00. The molecule has 2 aromatic heterocycles. The smallest absolute Gasteiger partial charge is 0.275 e. The van der Waals surface area contributed by atoms with E-state index in [1.165, 1.54) is 19.3 Å². The van der Waals surface area contributed by atoms with E-state index >= 15 is 4.39 Å². The third kappa shape index (κ3) is 4.15. The highest BCUT2D eigenvalue weighted by Gasteiger charge is 2.58. The molecule has 0 saturated heterocycles. The summed E-state index contributed by atoms with van der Waals surface area (Å²) in [5.41, 5.74) is -2.24. The largest absolute Gasteiger partial charge is 0.343 e. The van der Waals surface area contributed by atoms with Gasteiger partial charge in [0.15, 0.2) is 11.6 Å². The Bertz CT molecular complexity index is 1300. The molecule has 1 aromatic carbocycles. The summed E-state index contributed by atoms with van der Waals surface area (Å²) in [5, 5.41) is 23.8. The summed E-state index contributed by atoms with van der Waals surface area (Å²) < 4.78 is 56.8. The van der Waals surface area contributed by atoms with Crippen molar-refractivity contribution >= 4 is 17.4 Å². The molecule has 1 saturated carbocycles. The van der Waals surface area contributed by atoms with Crippen LogP contribution in [0.2, 0.25) is 0 Å². The number of benzene rings is 1. The quantitative estimate of drug-likeness (QED) is 0.356. The number of nitriles is 1. The van der Waals surface area contributed by atoms with Gasteiger partial charge in [0.25, 0.3) is 11.8 Å². The van der Waals surface area contributed by atoms with Crippen molar-refractivity contribution in [2.75, 3.05) is 11.9 Å². The number of H-pyrrole nitrogens is 1. The molecule has 0 atom stereocenters. The zero-order chi connectivity index (χ0) is 24.7. The molecule has 1 amide bonds. The summed E-state index contributed by atoms with van der Waals surface area (Å²) in [6, 6.07) is 4.89. The third-order valence-electron chi connectivity index (χ3n) is 5.59. The van der Waals surface area contributed by atoms with Gasteiger partial charge in [0.05, 0.1) is 29.4 Å². The molecular formula is C21H17F4N7O2. The standard InChI is InChI=1S/C21H17F4N7O2/c1-32-8-13(15(33)6-27-20(9-21(24,25)10-20)16-7-28-31-30-16)17(23)18(32)19(34)29-12-2-3-14(22)11(4-12)5-26/h2-4,7-8,27H,6,9-10H2,1H3,(H,29,34)(H,28,30,31). The Labute approximate surface area is 189 Å². The van der Waals surface area contributed by atoms with Crippen molar-refractivity contribution < 1.29 is 27.2 Å². The maximum Gasteiger partial charge on any atom is 0.275 e. The van der Waals surface area contributed by atoms with Crippen LogP contribution in [-0.2, 0) is 12.6 Å². The van der Waals surface area contributed by atoms with Crippen molar-refractivity contribution in [1.29, 1.82) is 5.26 Å². The SMILES string of the molecule is Cn1cc(C(=O)CNC2(c3cn[nH]n3)CC(F)(F)C2)c(F)c1C(=O)Nc1ccc(F)c(C#N)c1. The van der Waals surface area contributed by atoms with E-state index in [0.29, 0.717) is 0 Å². The number of nitrogens with one attached hydrogen (secondary N) is 3. The maximum atomic E-state index is 15.0. The Hall–Kier alpha value is -4.05. The van der Waals surface area contributed by atoms with Crippen LogP contribution in [0.1, 0.15) is 44.9 Å². The van der Waals surface area contributed by atoms with E-state index in [9.17, 15) is 22.8 Å². The van der Waals surface area contributed by atoms with E-state index in [-0.39, 0.29) is 16.9 Å². The minimum atomic E-state index is -2.94. The Morgan fingerprint density at radius 2 is 2.03 bits per heavy atom. The molecule has 0 radical (unpaired) electrons. The van der Waals surface area contributed by atoms with Gasteiger partial charge in [-0.05, 0) is 18.2 Å². The number of alkyl halides is 2. The van der Waals surface area contributed by atoms with Crippen LogP contribution in [0.4, 0.5) is 23.2 Å². The zero-order valence-electron chi connectivity index (χ0n) is 17.6. The number of aryl methyl sites for hydroxylation is 1. The molecule has 13 heteroatoms. The normalized spacial score (nSPS) is 15.9. The molecule has 34 heavy (non-hydrogen) atoms. The number of hydrogen-bond acceptors (Lipinski definition) is 6. The molecule has 176 valence electrons. The van der Waals surface area contributed by atoms with Crippen molar-refractivity contribution in [3.8, 4) is 6.07 Å². The highest BCUT2D eigenvalue weighted by molar-refractivity contribution is 6.06. The Morgan fingerprint density at radius 1 is 1.29 bits per heavy atom. The molecule has 2 heterocycles. The number of halogens is 4. The van der Waals surface area contributed by atoms with Crippen LogP contribution >= 0.6 is 0 Å². The summed E-state index contributed by atoms with van der Waals surface area (Å²) in [5.74, 6) is -6.52. The second kappa shape index (κ2) is 8.38. The molecule has 0 unspecified atom stereocenters. The van der Waals surface area contributed by atoms with Crippen LogP contribution in [0.3, 0.4) is 0 Å². The molecular weight excluding hydrogens is 458 g/mol. The lowest BCUT2D eigenvalue weighted by molar-refractivity contribution is -0.138. The van der Waals surface area contributed by atoms with E-state index in [2.05, 4.69) is 26.0 Å². The van der Waals surface area contributed by atoms with Crippen LogP contribution in [0.25, 0.3) is 0 Å². The average Bonchev–Trinajstić information content (AvgIpc) is 3.40. The van der Waals surface area contributed by atoms with E-state index in [1.54, 1.807) is 6.07 Å². The van der Waals surface area contributed by atoms with Crippen molar-refractivity contribution in [2.24, 2.45) is 7.05 Å². The topological polar surface area (TPSA) is 128 Å². The van der Waals surface area contributed by atoms with Crippen molar-refractivity contribution in [2.45, 2.75) is 24.3 Å². The maximum absolute atomic E-state index is 15.0. The predicted octanol–water partition coefficient (Wildman–Crippen LogP) is 2.64. The number of rotatable bonds is 7. The number of carbonyl (C=O) groups is 2. The summed E-state index contributed by atoms with van der Waals surface area (Å²) in [6.45, 7) is -0.492. The molecule has 1 aliphatic rings. The molecule has 0 spiro atoms. The van der Waals surface area contributed by atoms with Crippen LogP contribution in [0.5, 0.6) is 0 Å². The fourth-order valence-electron chi connectivity index (χ4n) is 3.94. The molecule has 0 bridgehead atoms. The van der Waals surface area contributed by atoms with E-state index in [4.69, 9.17) is 5.26 Å². The molecule has 3 aromatic rings. The molecule has 1 aliphatic carbocycles. The summed E-state index contributed by atoms with van der Waals surface area (Å²) in [7, 11) is 1.34. The monoisotopic (exact) mass is 475 g/mol. The lowest BCUT2D eigenvalue weighted by atomic mass is 9.71. The lowest BCUT2D eigenvalue weighted by Gasteiger charge is -2.46. The van der Waals surface area contributed by atoms with Crippen LogP contribution in [0.15, 0.2) is 30.6 Å².